The van der Waals surface area contributed by atoms with Gasteiger partial charge in [0, 0.05) is 55.3 Å². The van der Waals surface area contributed by atoms with E-state index in [1.807, 2.05) is 38.4 Å². The summed E-state index contributed by atoms with van der Waals surface area (Å²) in [7, 11) is -1.91. The molecule has 0 aliphatic carbocycles. The van der Waals surface area contributed by atoms with Crippen LogP contribution in [0.4, 0.5) is 5.82 Å². The Kier molecular flexibility index (Phi) is 6.09. The third-order valence-electron chi connectivity index (χ3n) is 7.24. The predicted molar refractivity (Wildman–Crippen MR) is 145 cm³/mol. The number of nitrogen functional groups attached to an aromatic ring is 1. The molecule has 0 spiro atoms. The Morgan fingerprint density at radius 2 is 1.98 bits per heavy atom. The molecule has 40 heavy (non-hydrogen) atoms. The number of rotatable bonds is 5. The second kappa shape index (κ2) is 9.51. The number of pyridine rings is 1. The molecule has 14 nitrogen and oxygen atoms in total. The van der Waals surface area contributed by atoms with Gasteiger partial charge in [-0.25, -0.2) is 13.4 Å². The van der Waals surface area contributed by atoms with E-state index in [9.17, 15) is 13.2 Å². The summed E-state index contributed by atoms with van der Waals surface area (Å²) in [6.45, 7) is 2.32. The number of carbonyl (C=O) groups excluding carboxylic acids is 1. The zero-order valence-corrected chi connectivity index (χ0v) is 22.9. The fourth-order valence-electron chi connectivity index (χ4n) is 5.31. The molecule has 15 heteroatoms. The maximum Gasteiger partial charge on any atom is 0.276 e. The van der Waals surface area contributed by atoms with Crippen LogP contribution >= 0.6 is 0 Å². The van der Waals surface area contributed by atoms with Gasteiger partial charge in [-0.05, 0) is 31.9 Å². The molecule has 1 fully saturated rings. The van der Waals surface area contributed by atoms with Gasteiger partial charge in [-0.2, -0.15) is 30.1 Å². The Hall–Kier alpha value is -4.66. The van der Waals surface area contributed by atoms with Crippen LogP contribution in [0.5, 0.6) is 0 Å². The largest absolute Gasteiger partial charge is 0.382 e. The van der Waals surface area contributed by atoms with Gasteiger partial charge in [-0.3, -0.25) is 14.5 Å². The van der Waals surface area contributed by atoms with Gasteiger partial charge in [0.05, 0.1) is 23.8 Å². The number of likely N-dealkylation sites (tertiary alicyclic amines) is 1. The highest BCUT2D eigenvalue weighted by atomic mass is 32.2. The summed E-state index contributed by atoms with van der Waals surface area (Å²) in [6.07, 6.45) is 8.67. The van der Waals surface area contributed by atoms with Crippen LogP contribution in [0.3, 0.4) is 0 Å². The summed E-state index contributed by atoms with van der Waals surface area (Å²) in [5.74, 6) is -0.480. The summed E-state index contributed by atoms with van der Waals surface area (Å²) < 4.78 is 29.0. The van der Waals surface area contributed by atoms with Gasteiger partial charge in [0.15, 0.2) is 21.2 Å². The molecule has 0 aromatic carbocycles. The van der Waals surface area contributed by atoms with Crippen LogP contribution in [0, 0.1) is 0 Å². The van der Waals surface area contributed by atoms with E-state index in [2.05, 4.69) is 30.6 Å². The Balaban J connectivity index is 1.39. The van der Waals surface area contributed by atoms with E-state index in [1.165, 1.54) is 10.7 Å². The SMILES string of the molecule is C[C@@H]1C[C@@H](c2nc3c(-c4ccc(-c5ccn(C)n5)nc4)cnn3c(N)c2S(C)(=O)=O)CCN1C(=O)c1cn[nH]n1. The van der Waals surface area contributed by atoms with E-state index < -0.39 is 9.84 Å². The summed E-state index contributed by atoms with van der Waals surface area (Å²) >= 11 is 0. The Bertz CT molecular complexity index is 1830. The van der Waals surface area contributed by atoms with Crippen LogP contribution in [0.2, 0.25) is 0 Å². The fourth-order valence-corrected chi connectivity index (χ4v) is 6.37. The maximum atomic E-state index is 13.0. The highest BCUT2D eigenvalue weighted by Gasteiger charge is 2.35. The Morgan fingerprint density at radius 1 is 1.15 bits per heavy atom. The summed E-state index contributed by atoms with van der Waals surface area (Å²) in [5, 5.41) is 18.8. The first-order valence-electron chi connectivity index (χ1n) is 12.6. The lowest BCUT2D eigenvalue weighted by molar-refractivity contribution is 0.0607. The molecule has 5 aromatic heterocycles. The number of nitrogens with two attached hydrogens (primary N) is 1. The lowest BCUT2D eigenvalue weighted by atomic mass is 9.88. The molecule has 1 aliphatic rings. The fraction of sp³-hybridized carbons (Fsp3) is 0.320. The Labute approximate surface area is 229 Å². The van der Waals surface area contributed by atoms with Gasteiger partial charge in [0.2, 0.25) is 0 Å². The molecule has 6 heterocycles. The molecule has 0 saturated carbocycles. The quantitative estimate of drug-likeness (QED) is 0.320. The van der Waals surface area contributed by atoms with Crippen LogP contribution in [0.1, 0.15) is 41.9 Å². The lowest BCUT2D eigenvalue weighted by Crippen LogP contribution is -2.44. The number of hydrogen-bond acceptors (Lipinski definition) is 10. The van der Waals surface area contributed by atoms with E-state index >= 15 is 0 Å². The van der Waals surface area contributed by atoms with Crippen LogP contribution in [0.15, 0.2) is 47.9 Å². The standard InChI is InChI=1S/C25H27N11O3S/c1-14-10-15(6-9-35(14)25(37)20-13-28-33-31-20)21-22(40(3,38)39)23(26)36-24(30-21)17(12-29-36)16-4-5-18(27-11-16)19-7-8-34(2)32-19/h4-5,7-8,11-15H,6,9-10,26H2,1-3H3,(H,28,31,33)/t14-,15+/m1/s1. The van der Waals surface area contributed by atoms with Crippen LogP contribution < -0.4 is 5.73 Å². The lowest BCUT2D eigenvalue weighted by Gasteiger charge is -2.37. The average Bonchev–Trinajstić information content (AvgIpc) is 3.69. The van der Waals surface area contributed by atoms with Gasteiger partial charge < -0.3 is 10.6 Å². The number of aromatic nitrogens is 9. The first-order chi connectivity index (χ1) is 19.1. The van der Waals surface area contributed by atoms with Crippen molar-refractivity contribution in [3.05, 3.63) is 54.4 Å². The van der Waals surface area contributed by atoms with Gasteiger partial charge in [0.1, 0.15) is 16.4 Å². The van der Waals surface area contributed by atoms with Crippen molar-refractivity contribution in [2.24, 2.45) is 7.05 Å². The first-order valence-corrected chi connectivity index (χ1v) is 14.5. The number of nitrogens with one attached hydrogen (secondary N) is 1. The van der Waals surface area contributed by atoms with Crippen molar-refractivity contribution in [2.75, 3.05) is 18.5 Å². The normalized spacial score (nSPS) is 17.9. The second-order valence-corrected chi connectivity index (χ2v) is 12.0. The monoisotopic (exact) mass is 561 g/mol. The van der Waals surface area contributed by atoms with Gasteiger partial charge in [-0.15, -0.1) is 0 Å². The number of aryl methyl sites for hydroxylation is 1. The number of aromatic amines is 1. The number of piperidine rings is 1. The van der Waals surface area contributed by atoms with E-state index in [1.54, 1.807) is 22.0 Å². The van der Waals surface area contributed by atoms with Crippen LogP contribution in [0.25, 0.3) is 28.2 Å². The second-order valence-electron chi connectivity index (χ2n) is 10.0. The van der Waals surface area contributed by atoms with Crippen molar-refractivity contribution < 1.29 is 13.2 Å². The van der Waals surface area contributed by atoms with E-state index in [4.69, 9.17) is 10.7 Å². The molecule has 1 amide bonds. The van der Waals surface area contributed by atoms with Crippen molar-refractivity contribution >= 4 is 27.2 Å². The minimum atomic E-state index is -3.75. The molecule has 1 saturated heterocycles. The molecule has 2 atom stereocenters. The van der Waals surface area contributed by atoms with Gasteiger partial charge in [0.25, 0.3) is 5.91 Å². The smallest absolute Gasteiger partial charge is 0.276 e. The number of nitrogens with zero attached hydrogens (tertiary/aromatic N) is 9. The number of amides is 1. The topological polar surface area (TPSA) is 183 Å². The number of carbonyl (C=O) groups is 1. The molecule has 1 aliphatic heterocycles. The number of sulfone groups is 1. The highest BCUT2D eigenvalue weighted by Crippen LogP contribution is 2.38. The highest BCUT2D eigenvalue weighted by molar-refractivity contribution is 7.91. The molecule has 5 aromatic rings. The Morgan fingerprint density at radius 3 is 2.60 bits per heavy atom. The van der Waals surface area contributed by atoms with Gasteiger partial charge in [-0.1, -0.05) is 6.07 Å². The van der Waals surface area contributed by atoms with E-state index in [0.29, 0.717) is 42.0 Å². The van der Waals surface area contributed by atoms with E-state index in [-0.39, 0.29) is 34.3 Å². The zero-order valence-electron chi connectivity index (χ0n) is 22.1. The number of hydrogen-bond donors (Lipinski definition) is 2. The van der Waals surface area contributed by atoms with Crippen molar-refractivity contribution in [3.8, 4) is 22.5 Å². The minimum absolute atomic E-state index is 0.000529. The molecular weight excluding hydrogens is 534 g/mol. The third-order valence-corrected chi connectivity index (χ3v) is 8.40. The maximum absolute atomic E-state index is 13.0. The number of fused-ring (bicyclic) bond motifs is 1. The van der Waals surface area contributed by atoms with Crippen molar-refractivity contribution in [1.29, 1.82) is 0 Å². The van der Waals surface area contributed by atoms with Gasteiger partial charge >= 0.3 is 0 Å². The predicted octanol–water partition coefficient (Wildman–Crippen LogP) is 1.70. The van der Waals surface area contributed by atoms with Crippen molar-refractivity contribution in [3.63, 3.8) is 0 Å². The van der Waals surface area contributed by atoms with Crippen molar-refractivity contribution in [2.45, 2.75) is 36.6 Å². The molecule has 0 bridgehead atoms. The molecule has 0 radical (unpaired) electrons. The summed E-state index contributed by atoms with van der Waals surface area (Å²) in [4.78, 5) is 24.0. The average molecular weight is 562 g/mol. The molecule has 6 rings (SSSR count). The van der Waals surface area contributed by atoms with Crippen molar-refractivity contribution in [1.82, 2.24) is 49.7 Å². The summed E-state index contributed by atoms with van der Waals surface area (Å²) in [6, 6.07) is 5.44. The number of H-pyrrole nitrogens is 1. The molecule has 3 N–H and O–H groups in total. The summed E-state index contributed by atoms with van der Waals surface area (Å²) in [5.41, 5.74) is 10.4. The minimum Gasteiger partial charge on any atom is -0.382 e. The van der Waals surface area contributed by atoms with Crippen LogP contribution in [-0.2, 0) is 16.9 Å². The molecular formula is C25H27N11O3S. The third kappa shape index (κ3) is 4.37. The zero-order chi connectivity index (χ0) is 28.2. The van der Waals surface area contributed by atoms with E-state index in [0.717, 1.165) is 17.5 Å². The van der Waals surface area contributed by atoms with Crippen LogP contribution in [-0.4, -0.2) is 82.8 Å². The molecule has 0 unspecified atom stereocenters. The first kappa shape index (κ1) is 25.6. The molecule has 206 valence electrons. The number of anilines is 1.